The molecule has 9 heteroatoms. The van der Waals surface area contributed by atoms with Crippen LogP contribution in [0.15, 0.2) is 29.6 Å². The fraction of sp³-hybridized carbons (Fsp3) is 0.375. The second-order valence-corrected chi connectivity index (χ2v) is 6.70. The van der Waals surface area contributed by atoms with Crippen molar-refractivity contribution in [2.45, 2.75) is 18.8 Å². The molecule has 1 amide bonds. The highest BCUT2D eigenvalue weighted by Gasteiger charge is 2.27. The maximum absolute atomic E-state index is 12.7. The van der Waals surface area contributed by atoms with E-state index in [9.17, 15) is 4.79 Å². The molecule has 1 aliphatic rings. The van der Waals surface area contributed by atoms with Crippen molar-refractivity contribution in [2.24, 2.45) is 7.05 Å². The van der Waals surface area contributed by atoms with E-state index in [1.54, 1.807) is 4.68 Å². The van der Waals surface area contributed by atoms with Gasteiger partial charge in [0.25, 0.3) is 5.91 Å². The fourth-order valence-corrected chi connectivity index (χ4v) is 3.64. The van der Waals surface area contributed by atoms with Crippen LogP contribution in [0.1, 0.15) is 34.9 Å². The summed E-state index contributed by atoms with van der Waals surface area (Å²) in [6.07, 6.45) is 1.76. The van der Waals surface area contributed by atoms with E-state index in [2.05, 4.69) is 25.1 Å². The molecule has 0 unspecified atom stereocenters. The Morgan fingerprint density at radius 2 is 1.92 bits per heavy atom. The minimum atomic E-state index is 0.0671. The molecule has 0 atom stereocenters. The lowest BCUT2D eigenvalue weighted by Gasteiger charge is -2.31. The van der Waals surface area contributed by atoms with Gasteiger partial charge >= 0.3 is 0 Å². The summed E-state index contributed by atoms with van der Waals surface area (Å²) in [7, 11) is 1.85. The number of hydrogen-bond acceptors (Lipinski definition) is 7. The first kappa shape index (κ1) is 15.8. The molecule has 1 aromatic carbocycles. The lowest BCUT2D eigenvalue weighted by molar-refractivity contribution is 0.0710. The summed E-state index contributed by atoms with van der Waals surface area (Å²) >= 11 is 1.32. The topological polar surface area (TPSA) is 89.7 Å². The van der Waals surface area contributed by atoms with Crippen molar-refractivity contribution >= 4 is 17.4 Å². The maximum atomic E-state index is 12.7. The van der Waals surface area contributed by atoms with Crippen LogP contribution in [-0.4, -0.2) is 53.7 Å². The molecule has 3 aromatic rings. The van der Waals surface area contributed by atoms with E-state index in [-0.39, 0.29) is 5.91 Å². The third-order valence-electron chi connectivity index (χ3n) is 4.59. The molecule has 0 aliphatic carbocycles. The molecular weight excluding hydrogens is 338 g/mol. The number of carbonyl (C=O) groups excluding carboxylic acids is 1. The molecule has 4 rings (SSSR count). The van der Waals surface area contributed by atoms with Gasteiger partial charge in [0.15, 0.2) is 5.82 Å². The first-order valence-corrected chi connectivity index (χ1v) is 8.95. The molecule has 1 aliphatic heterocycles. The second kappa shape index (κ2) is 6.67. The van der Waals surface area contributed by atoms with Gasteiger partial charge in [-0.2, -0.15) is 0 Å². The first-order chi connectivity index (χ1) is 12.2. The Labute approximate surface area is 148 Å². The van der Waals surface area contributed by atoms with E-state index >= 15 is 0 Å². The van der Waals surface area contributed by atoms with Crippen LogP contribution in [0.4, 0.5) is 0 Å². The van der Waals surface area contributed by atoms with Crippen LogP contribution >= 0.6 is 11.5 Å². The summed E-state index contributed by atoms with van der Waals surface area (Å²) in [6, 6.07) is 7.55. The molecule has 25 heavy (non-hydrogen) atoms. The van der Waals surface area contributed by atoms with E-state index in [4.69, 9.17) is 0 Å². The summed E-state index contributed by atoms with van der Waals surface area (Å²) in [5, 5.41) is 17.6. The molecule has 1 fully saturated rings. The number of aromatic nitrogens is 6. The van der Waals surface area contributed by atoms with Gasteiger partial charge in [0, 0.05) is 42.6 Å². The zero-order chi connectivity index (χ0) is 17.2. The molecule has 0 bridgehead atoms. The smallest absolute Gasteiger partial charge is 0.253 e. The number of rotatable bonds is 3. The SMILES string of the molecule is Cn1nnnc1C1CCN(C(=O)c2ccc(-c3csnn3)cc2)CC1. The predicted molar refractivity (Wildman–Crippen MR) is 92.0 cm³/mol. The highest BCUT2D eigenvalue weighted by Crippen LogP contribution is 2.27. The zero-order valence-corrected chi connectivity index (χ0v) is 14.6. The Morgan fingerprint density at radius 1 is 1.16 bits per heavy atom. The molecule has 0 radical (unpaired) electrons. The number of amides is 1. The van der Waals surface area contributed by atoms with Crippen molar-refractivity contribution in [3.63, 3.8) is 0 Å². The second-order valence-electron chi connectivity index (χ2n) is 6.09. The van der Waals surface area contributed by atoms with E-state index in [1.807, 2.05) is 41.6 Å². The molecule has 1 saturated heterocycles. The number of hydrogen-bond donors (Lipinski definition) is 0. The lowest BCUT2D eigenvalue weighted by atomic mass is 9.95. The van der Waals surface area contributed by atoms with Crippen molar-refractivity contribution in [3.05, 3.63) is 41.0 Å². The van der Waals surface area contributed by atoms with Crippen LogP contribution in [0.25, 0.3) is 11.3 Å². The molecular formula is C16H17N7OS. The average Bonchev–Trinajstić information content (AvgIpc) is 3.33. The number of tetrazole rings is 1. The minimum Gasteiger partial charge on any atom is -0.339 e. The predicted octanol–water partition coefficient (Wildman–Crippen LogP) is 1.75. The van der Waals surface area contributed by atoms with Gasteiger partial charge in [-0.25, -0.2) is 4.68 Å². The number of piperidine rings is 1. The molecule has 128 valence electrons. The van der Waals surface area contributed by atoms with E-state index in [0.29, 0.717) is 24.6 Å². The standard InChI is InChI=1S/C16H17N7OS/c1-22-15(18-19-20-22)12-6-8-23(9-7-12)16(24)13-4-2-11(3-5-13)14-10-25-21-17-14/h2-5,10,12H,6-9H2,1H3. The van der Waals surface area contributed by atoms with Crippen LogP contribution < -0.4 is 0 Å². The van der Waals surface area contributed by atoms with Crippen molar-refractivity contribution < 1.29 is 4.79 Å². The summed E-state index contributed by atoms with van der Waals surface area (Å²) in [6.45, 7) is 1.43. The largest absolute Gasteiger partial charge is 0.339 e. The summed E-state index contributed by atoms with van der Waals surface area (Å²) < 4.78 is 5.58. The van der Waals surface area contributed by atoms with Crippen molar-refractivity contribution in [1.29, 1.82) is 0 Å². The number of aryl methyl sites for hydroxylation is 1. The Hall–Kier alpha value is -2.68. The molecule has 8 nitrogen and oxygen atoms in total. The molecule has 0 N–H and O–H groups in total. The van der Waals surface area contributed by atoms with E-state index < -0.39 is 0 Å². The normalized spacial score (nSPS) is 15.5. The summed E-state index contributed by atoms with van der Waals surface area (Å²) in [5.74, 6) is 1.27. The Morgan fingerprint density at radius 3 is 2.52 bits per heavy atom. The maximum Gasteiger partial charge on any atom is 0.253 e. The van der Waals surface area contributed by atoms with Crippen molar-refractivity contribution in [1.82, 2.24) is 34.7 Å². The van der Waals surface area contributed by atoms with E-state index in [0.717, 1.165) is 29.9 Å². The van der Waals surface area contributed by atoms with Gasteiger partial charge in [-0.15, -0.1) is 10.2 Å². The quantitative estimate of drug-likeness (QED) is 0.711. The van der Waals surface area contributed by atoms with Gasteiger partial charge in [0.2, 0.25) is 0 Å². The van der Waals surface area contributed by atoms with Gasteiger partial charge in [0.1, 0.15) is 5.69 Å². The first-order valence-electron chi connectivity index (χ1n) is 8.11. The zero-order valence-electron chi connectivity index (χ0n) is 13.7. The van der Waals surface area contributed by atoms with Gasteiger partial charge < -0.3 is 4.90 Å². The number of carbonyl (C=O) groups is 1. The third-order valence-corrected chi connectivity index (χ3v) is 5.09. The Balaban J connectivity index is 1.41. The van der Waals surface area contributed by atoms with E-state index in [1.165, 1.54) is 11.5 Å². The average molecular weight is 355 g/mol. The van der Waals surface area contributed by atoms with Crippen LogP contribution in [0.3, 0.4) is 0 Å². The van der Waals surface area contributed by atoms with Crippen molar-refractivity contribution in [3.8, 4) is 11.3 Å². The van der Waals surface area contributed by atoms with Gasteiger partial charge in [-0.05, 0) is 46.9 Å². The highest BCUT2D eigenvalue weighted by atomic mass is 32.1. The third kappa shape index (κ3) is 3.14. The highest BCUT2D eigenvalue weighted by molar-refractivity contribution is 7.03. The number of likely N-dealkylation sites (tertiary alicyclic amines) is 1. The van der Waals surface area contributed by atoms with Crippen LogP contribution in [-0.2, 0) is 7.05 Å². The lowest BCUT2D eigenvalue weighted by Crippen LogP contribution is -2.38. The van der Waals surface area contributed by atoms with Crippen LogP contribution in [0.2, 0.25) is 0 Å². The van der Waals surface area contributed by atoms with Crippen LogP contribution in [0.5, 0.6) is 0 Å². The Bertz CT molecular complexity index is 851. The summed E-state index contributed by atoms with van der Waals surface area (Å²) in [4.78, 5) is 14.6. The Kier molecular flexibility index (Phi) is 4.22. The molecule has 2 aromatic heterocycles. The van der Waals surface area contributed by atoms with Gasteiger partial charge in [0.05, 0.1) is 0 Å². The molecule has 0 saturated carbocycles. The molecule has 3 heterocycles. The number of nitrogens with zero attached hydrogens (tertiary/aromatic N) is 7. The molecule has 0 spiro atoms. The van der Waals surface area contributed by atoms with Crippen molar-refractivity contribution in [2.75, 3.05) is 13.1 Å². The number of benzene rings is 1. The van der Waals surface area contributed by atoms with Gasteiger partial charge in [-0.3, -0.25) is 4.79 Å². The summed E-state index contributed by atoms with van der Waals surface area (Å²) in [5.41, 5.74) is 2.51. The monoisotopic (exact) mass is 355 g/mol. The minimum absolute atomic E-state index is 0.0671. The fourth-order valence-electron chi connectivity index (χ4n) is 3.18. The van der Waals surface area contributed by atoms with Gasteiger partial charge in [-0.1, -0.05) is 16.6 Å². The van der Waals surface area contributed by atoms with Crippen LogP contribution in [0, 0.1) is 0 Å².